The average molecular weight is 364 g/mol. The highest BCUT2D eigenvalue weighted by atomic mass is 16.6. The molecule has 1 heterocycles. The summed E-state index contributed by atoms with van der Waals surface area (Å²) < 4.78 is 11.2. The Hall–Kier alpha value is -1.92. The Balaban J connectivity index is 2.43. The second kappa shape index (κ2) is 8.64. The van der Waals surface area contributed by atoms with Crippen LogP contribution >= 0.6 is 0 Å². The van der Waals surface area contributed by atoms with Crippen molar-refractivity contribution in [2.75, 3.05) is 6.61 Å². The molecule has 1 aliphatic carbocycles. The Morgan fingerprint density at radius 2 is 2.15 bits per heavy atom. The minimum absolute atomic E-state index is 0.202. The molecule has 0 aromatic rings. The molecule has 1 fully saturated rings. The lowest BCUT2D eigenvalue weighted by Gasteiger charge is -2.29. The number of fused-ring (bicyclic) bond motifs is 1. The first kappa shape index (κ1) is 20.4. The summed E-state index contributed by atoms with van der Waals surface area (Å²) in [4.78, 5) is 24.5. The number of hydrogen-bond donors (Lipinski definition) is 2. The summed E-state index contributed by atoms with van der Waals surface area (Å²) in [6.45, 7) is 6.75. The van der Waals surface area contributed by atoms with Crippen LogP contribution in [0.2, 0.25) is 0 Å². The van der Waals surface area contributed by atoms with Crippen LogP contribution in [0, 0.1) is 11.8 Å². The Morgan fingerprint density at radius 3 is 2.77 bits per heavy atom. The summed E-state index contributed by atoms with van der Waals surface area (Å²) >= 11 is 0. The fraction of sp³-hybridized carbons (Fsp3) is 0.600. The van der Waals surface area contributed by atoms with Gasteiger partial charge in [-0.25, -0.2) is 4.79 Å². The van der Waals surface area contributed by atoms with Crippen molar-refractivity contribution in [2.24, 2.45) is 11.8 Å². The number of carbonyl (C=O) groups is 2. The molecule has 2 N–H and O–H groups in total. The Labute approximate surface area is 154 Å². The lowest BCUT2D eigenvalue weighted by Crippen LogP contribution is -2.36. The van der Waals surface area contributed by atoms with E-state index in [-0.39, 0.29) is 18.5 Å². The Kier molecular flexibility index (Phi) is 6.78. The fourth-order valence-electron chi connectivity index (χ4n) is 3.35. The van der Waals surface area contributed by atoms with Crippen LogP contribution in [-0.2, 0) is 19.1 Å². The van der Waals surface area contributed by atoms with Gasteiger partial charge in [-0.05, 0) is 44.4 Å². The smallest absolute Gasteiger partial charge is 0.333 e. The summed E-state index contributed by atoms with van der Waals surface area (Å²) in [6.07, 6.45) is 3.93. The molecular formula is C20H28O6. The third-order valence-electron chi connectivity index (χ3n) is 5.27. The van der Waals surface area contributed by atoms with E-state index in [1.54, 1.807) is 45.9 Å². The van der Waals surface area contributed by atoms with Crippen LogP contribution in [-0.4, -0.2) is 47.1 Å². The highest BCUT2D eigenvalue weighted by Crippen LogP contribution is 2.37. The summed E-state index contributed by atoms with van der Waals surface area (Å²) in [5.74, 6) is -1.63. The third-order valence-corrected chi connectivity index (χ3v) is 5.27. The molecule has 6 nitrogen and oxygen atoms in total. The molecular weight excluding hydrogens is 336 g/mol. The van der Waals surface area contributed by atoms with E-state index in [1.165, 1.54) is 0 Å². The minimum Gasteiger partial charge on any atom is -0.458 e. The molecule has 144 valence electrons. The molecule has 0 bridgehead atoms. The molecule has 2 aliphatic rings. The van der Waals surface area contributed by atoms with Crippen molar-refractivity contribution in [1.82, 2.24) is 0 Å². The lowest BCUT2D eigenvalue weighted by molar-refractivity contribution is -0.148. The number of aliphatic hydroxyl groups excluding tert-OH is 2. The number of allylic oxidation sites excluding steroid dienone is 1. The highest BCUT2D eigenvalue weighted by Gasteiger charge is 2.47. The molecule has 5 unspecified atom stereocenters. The van der Waals surface area contributed by atoms with Crippen LogP contribution < -0.4 is 0 Å². The molecule has 0 aromatic heterocycles. The first-order valence-electron chi connectivity index (χ1n) is 8.98. The maximum Gasteiger partial charge on any atom is 0.333 e. The van der Waals surface area contributed by atoms with Crippen molar-refractivity contribution in [3.8, 4) is 0 Å². The van der Waals surface area contributed by atoms with Crippen molar-refractivity contribution in [3.63, 3.8) is 0 Å². The van der Waals surface area contributed by atoms with E-state index in [0.717, 1.165) is 0 Å². The summed E-state index contributed by atoms with van der Waals surface area (Å²) in [6, 6.07) is 0. The van der Waals surface area contributed by atoms with Gasteiger partial charge in [-0.15, -0.1) is 0 Å². The molecule has 5 atom stereocenters. The van der Waals surface area contributed by atoms with Gasteiger partial charge >= 0.3 is 11.9 Å². The van der Waals surface area contributed by atoms with Crippen LogP contribution in [0.4, 0.5) is 0 Å². The van der Waals surface area contributed by atoms with Crippen molar-refractivity contribution < 1.29 is 29.3 Å². The molecule has 0 saturated carbocycles. The van der Waals surface area contributed by atoms with Gasteiger partial charge in [0.15, 0.2) is 0 Å². The van der Waals surface area contributed by atoms with Crippen LogP contribution in [0.5, 0.6) is 0 Å². The molecule has 0 amide bonds. The average Bonchev–Trinajstić information content (AvgIpc) is 2.89. The first-order chi connectivity index (χ1) is 12.3. The summed E-state index contributed by atoms with van der Waals surface area (Å²) in [5, 5.41) is 19.9. The maximum atomic E-state index is 12.3. The van der Waals surface area contributed by atoms with E-state index >= 15 is 0 Å². The number of aliphatic hydroxyl groups is 2. The second-order valence-electron chi connectivity index (χ2n) is 7.07. The van der Waals surface area contributed by atoms with Gasteiger partial charge in [0.05, 0.1) is 24.5 Å². The number of hydrogen-bond acceptors (Lipinski definition) is 6. The zero-order chi connectivity index (χ0) is 19.4. The second-order valence-corrected chi connectivity index (χ2v) is 7.07. The quantitative estimate of drug-likeness (QED) is 0.452. The van der Waals surface area contributed by atoms with Crippen LogP contribution in [0.15, 0.2) is 34.9 Å². The molecule has 0 radical (unpaired) electrons. The predicted molar refractivity (Wildman–Crippen MR) is 96.0 cm³/mol. The SMILES string of the molecule is CC=C(C)C(=O)OC1CC(CO)=CCC(O)C(C)=CC2OC(=O)C(C)C21. The number of esters is 2. The summed E-state index contributed by atoms with van der Waals surface area (Å²) in [5.41, 5.74) is 1.83. The molecule has 6 heteroatoms. The van der Waals surface area contributed by atoms with Gasteiger partial charge in [0.2, 0.25) is 0 Å². The van der Waals surface area contributed by atoms with Gasteiger partial charge in [0, 0.05) is 12.0 Å². The number of ether oxygens (including phenoxy) is 2. The molecule has 0 spiro atoms. The molecule has 1 aliphatic heterocycles. The lowest BCUT2D eigenvalue weighted by atomic mass is 9.82. The van der Waals surface area contributed by atoms with Gasteiger partial charge in [-0.3, -0.25) is 4.79 Å². The molecule has 1 saturated heterocycles. The third kappa shape index (κ3) is 4.43. The Bertz CT molecular complexity index is 645. The predicted octanol–water partition coefficient (Wildman–Crippen LogP) is 2.06. The van der Waals surface area contributed by atoms with Crippen molar-refractivity contribution in [3.05, 3.63) is 34.9 Å². The zero-order valence-corrected chi connectivity index (χ0v) is 15.8. The topological polar surface area (TPSA) is 93.1 Å². The molecule has 26 heavy (non-hydrogen) atoms. The number of rotatable bonds is 3. The van der Waals surface area contributed by atoms with Gasteiger partial charge < -0.3 is 19.7 Å². The van der Waals surface area contributed by atoms with Crippen LogP contribution in [0.1, 0.15) is 40.5 Å². The van der Waals surface area contributed by atoms with Gasteiger partial charge in [-0.1, -0.05) is 19.1 Å². The van der Waals surface area contributed by atoms with Crippen LogP contribution in [0.25, 0.3) is 0 Å². The van der Waals surface area contributed by atoms with Gasteiger partial charge in [0.25, 0.3) is 0 Å². The maximum absolute atomic E-state index is 12.3. The largest absolute Gasteiger partial charge is 0.458 e. The van der Waals surface area contributed by atoms with E-state index in [4.69, 9.17) is 9.47 Å². The van der Waals surface area contributed by atoms with E-state index in [2.05, 4.69) is 0 Å². The van der Waals surface area contributed by atoms with Crippen molar-refractivity contribution in [2.45, 2.75) is 58.8 Å². The van der Waals surface area contributed by atoms with E-state index in [9.17, 15) is 19.8 Å². The molecule has 2 rings (SSSR count). The highest BCUT2D eigenvalue weighted by molar-refractivity contribution is 5.87. The number of carbonyl (C=O) groups excluding carboxylic acids is 2. The van der Waals surface area contributed by atoms with Crippen LogP contribution in [0.3, 0.4) is 0 Å². The zero-order valence-electron chi connectivity index (χ0n) is 15.8. The van der Waals surface area contributed by atoms with E-state index in [1.807, 2.05) is 0 Å². The fourth-order valence-corrected chi connectivity index (χ4v) is 3.35. The molecule has 0 aromatic carbocycles. The summed E-state index contributed by atoms with van der Waals surface area (Å²) in [7, 11) is 0. The van der Waals surface area contributed by atoms with Crippen molar-refractivity contribution in [1.29, 1.82) is 0 Å². The van der Waals surface area contributed by atoms with E-state index in [0.29, 0.717) is 29.6 Å². The monoisotopic (exact) mass is 364 g/mol. The van der Waals surface area contributed by atoms with E-state index < -0.39 is 30.2 Å². The van der Waals surface area contributed by atoms with Gasteiger partial charge in [0.1, 0.15) is 12.2 Å². The standard InChI is InChI=1S/C20H28O6/c1-5-11(2)19(23)25-17-9-14(10-21)6-7-15(22)12(3)8-16-18(17)13(4)20(24)26-16/h5-6,8,13,15-18,21-22H,7,9-10H2,1-4H3. The van der Waals surface area contributed by atoms with Crippen molar-refractivity contribution >= 4 is 11.9 Å². The van der Waals surface area contributed by atoms with Gasteiger partial charge in [-0.2, -0.15) is 0 Å². The Morgan fingerprint density at radius 1 is 1.46 bits per heavy atom. The minimum atomic E-state index is -0.712. The first-order valence-corrected chi connectivity index (χ1v) is 8.98. The normalized spacial score (nSPS) is 32.9.